The molecule has 0 unspecified atom stereocenters. The summed E-state index contributed by atoms with van der Waals surface area (Å²) in [7, 11) is 0. The molecule has 0 spiro atoms. The van der Waals surface area contributed by atoms with Gasteiger partial charge in [0, 0.05) is 5.92 Å². The predicted octanol–water partition coefficient (Wildman–Crippen LogP) is 2.01. The molecule has 0 bridgehead atoms. The van der Waals surface area contributed by atoms with E-state index in [0.29, 0.717) is 11.7 Å². The van der Waals surface area contributed by atoms with Gasteiger partial charge in [-0.2, -0.15) is 0 Å². The minimum absolute atomic E-state index is 0.232. The summed E-state index contributed by atoms with van der Waals surface area (Å²) < 4.78 is 7.34. The monoisotopic (exact) mass is 294 g/mol. The number of aromatic nitrogens is 3. The number of carbonyl (C=O) groups excluding carboxylic acids is 1. The molecule has 0 fully saturated rings. The Bertz CT molecular complexity index is 577. The Hall–Kier alpha value is -1.76. The lowest BCUT2D eigenvalue weighted by Gasteiger charge is -2.12. The molecule has 0 saturated heterocycles. The van der Waals surface area contributed by atoms with Crippen LogP contribution in [0.4, 0.5) is 0 Å². The molecule has 0 aliphatic rings. The first-order chi connectivity index (χ1) is 9.49. The summed E-state index contributed by atoms with van der Waals surface area (Å²) in [4.78, 5) is 11.2. The molecule has 2 N–H and O–H groups in total. The van der Waals surface area contributed by atoms with Crippen LogP contribution in [0, 0.1) is 0 Å². The summed E-state index contributed by atoms with van der Waals surface area (Å²) in [6.07, 6.45) is 1.63. The first-order valence-corrected chi connectivity index (χ1v) is 7.28. The molecule has 1 atom stereocenters. The summed E-state index contributed by atoms with van der Waals surface area (Å²) in [6.45, 7) is 6.40. The maximum atomic E-state index is 11.2. The molecule has 20 heavy (non-hydrogen) atoms. The number of hydrogen-bond donors (Lipinski definition) is 1. The van der Waals surface area contributed by atoms with Crippen molar-refractivity contribution < 1.29 is 9.21 Å². The maximum Gasteiger partial charge on any atom is 0.230 e. The van der Waals surface area contributed by atoms with E-state index < -0.39 is 0 Å². The van der Waals surface area contributed by atoms with Crippen LogP contribution >= 0.6 is 11.8 Å². The standard InChI is InChI=1S/C13H18N4O2S/c1-8(2)12-15-16-13(20-9(3)11(14)18)17(12)7-10-5-4-6-19-10/h4-6,8-9H,7H2,1-3H3,(H2,14,18)/t9-/m0/s1. The fourth-order valence-corrected chi connectivity index (χ4v) is 2.54. The fourth-order valence-electron chi connectivity index (χ4n) is 1.74. The van der Waals surface area contributed by atoms with Crippen molar-refractivity contribution in [1.29, 1.82) is 0 Å². The second-order valence-electron chi connectivity index (χ2n) is 4.82. The maximum absolute atomic E-state index is 11.2. The van der Waals surface area contributed by atoms with Gasteiger partial charge >= 0.3 is 0 Å². The van der Waals surface area contributed by atoms with Crippen LogP contribution in [0.5, 0.6) is 0 Å². The van der Waals surface area contributed by atoms with E-state index >= 15 is 0 Å². The highest BCUT2D eigenvalue weighted by atomic mass is 32.2. The third-order valence-electron chi connectivity index (χ3n) is 2.84. The van der Waals surface area contributed by atoms with E-state index in [4.69, 9.17) is 10.2 Å². The molecule has 0 radical (unpaired) electrons. The van der Waals surface area contributed by atoms with Crippen LogP contribution in [-0.2, 0) is 11.3 Å². The molecule has 0 aliphatic heterocycles. The predicted molar refractivity (Wildman–Crippen MR) is 76.4 cm³/mol. The van der Waals surface area contributed by atoms with Gasteiger partial charge in [-0.1, -0.05) is 25.6 Å². The van der Waals surface area contributed by atoms with Crippen LogP contribution in [-0.4, -0.2) is 25.9 Å². The van der Waals surface area contributed by atoms with Crippen molar-refractivity contribution in [3.63, 3.8) is 0 Å². The SMILES string of the molecule is CC(C)c1nnc(S[C@@H](C)C(N)=O)n1Cc1ccco1. The van der Waals surface area contributed by atoms with Crippen LogP contribution in [0.15, 0.2) is 28.0 Å². The average Bonchev–Trinajstić information content (AvgIpc) is 3.00. The summed E-state index contributed by atoms with van der Waals surface area (Å²) in [5.41, 5.74) is 5.30. The lowest BCUT2D eigenvalue weighted by molar-refractivity contribution is -0.117. The molecule has 6 nitrogen and oxygen atoms in total. The second kappa shape index (κ2) is 6.13. The molecule has 7 heteroatoms. The minimum Gasteiger partial charge on any atom is -0.467 e. The third kappa shape index (κ3) is 3.22. The number of amides is 1. The Morgan fingerprint density at radius 3 is 2.75 bits per heavy atom. The normalized spacial score (nSPS) is 12.8. The quantitative estimate of drug-likeness (QED) is 0.823. The van der Waals surface area contributed by atoms with Gasteiger partial charge in [-0.15, -0.1) is 10.2 Å². The van der Waals surface area contributed by atoms with Crippen LogP contribution in [0.2, 0.25) is 0 Å². The molecule has 0 aliphatic carbocycles. The Morgan fingerprint density at radius 1 is 1.45 bits per heavy atom. The van der Waals surface area contributed by atoms with Crippen molar-refractivity contribution in [1.82, 2.24) is 14.8 Å². The number of carbonyl (C=O) groups is 1. The smallest absolute Gasteiger partial charge is 0.230 e. The van der Waals surface area contributed by atoms with Crippen LogP contribution in [0.25, 0.3) is 0 Å². The summed E-state index contributed by atoms with van der Waals surface area (Å²) in [6, 6.07) is 3.74. The number of furan rings is 1. The average molecular weight is 294 g/mol. The van der Waals surface area contributed by atoms with Gasteiger partial charge in [0.05, 0.1) is 18.1 Å². The van der Waals surface area contributed by atoms with E-state index in [0.717, 1.165) is 11.6 Å². The summed E-state index contributed by atoms with van der Waals surface area (Å²) in [5, 5.41) is 8.70. The van der Waals surface area contributed by atoms with E-state index in [-0.39, 0.29) is 17.1 Å². The molecular weight excluding hydrogens is 276 g/mol. The highest BCUT2D eigenvalue weighted by molar-refractivity contribution is 8.00. The van der Waals surface area contributed by atoms with Gasteiger partial charge in [-0.05, 0) is 19.1 Å². The Labute approximate surface area is 121 Å². The Kier molecular flexibility index (Phi) is 4.49. The minimum atomic E-state index is -0.367. The van der Waals surface area contributed by atoms with E-state index in [1.165, 1.54) is 11.8 Å². The molecule has 108 valence electrons. The first kappa shape index (κ1) is 14.6. The Balaban J connectivity index is 2.29. The van der Waals surface area contributed by atoms with Gasteiger partial charge in [-0.3, -0.25) is 9.36 Å². The Morgan fingerprint density at radius 2 is 2.20 bits per heavy atom. The van der Waals surface area contributed by atoms with Crippen molar-refractivity contribution in [3.05, 3.63) is 30.0 Å². The van der Waals surface area contributed by atoms with Crippen molar-refractivity contribution in [2.45, 2.75) is 43.6 Å². The molecule has 0 aromatic carbocycles. The molecule has 0 saturated carbocycles. The summed E-state index contributed by atoms with van der Waals surface area (Å²) in [5.74, 6) is 1.55. The number of hydrogen-bond acceptors (Lipinski definition) is 5. The third-order valence-corrected chi connectivity index (χ3v) is 3.94. The summed E-state index contributed by atoms with van der Waals surface area (Å²) >= 11 is 1.31. The van der Waals surface area contributed by atoms with E-state index in [2.05, 4.69) is 24.0 Å². The van der Waals surface area contributed by atoms with Crippen molar-refractivity contribution >= 4 is 17.7 Å². The number of thioether (sulfide) groups is 1. The molecule has 2 rings (SSSR count). The number of primary amides is 1. The molecule has 2 aromatic heterocycles. The zero-order valence-electron chi connectivity index (χ0n) is 11.7. The highest BCUT2D eigenvalue weighted by Crippen LogP contribution is 2.25. The van der Waals surface area contributed by atoms with Crippen LogP contribution in [0.3, 0.4) is 0 Å². The fraction of sp³-hybridized carbons (Fsp3) is 0.462. The van der Waals surface area contributed by atoms with Crippen molar-refractivity contribution in [2.75, 3.05) is 0 Å². The van der Waals surface area contributed by atoms with Gasteiger partial charge in [0.2, 0.25) is 5.91 Å². The largest absolute Gasteiger partial charge is 0.467 e. The number of nitrogens with zero attached hydrogens (tertiary/aromatic N) is 3. The number of nitrogens with two attached hydrogens (primary N) is 1. The highest BCUT2D eigenvalue weighted by Gasteiger charge is 2.20. The lowest BCUT2D eigenvalue weighted by Crippen LogP contribution is -2.23. The van der Waals surface area contributed by atoms with Crippen molar-refractivity contribution in [3.8, 4) is 0 Å². The topological polar surface area (TPSA) is 86.9 Å². The van der Waals surface area contributed by atoms with Crippen LogP contribution in [0.1, 0.15) is 38.3 Å². The van der Waals surface area contributed by atoms with Gasteiger partial charge in [0.25, 0.3) is 0 Å². The van der Waals surface area contributed by atoms with Crippen LogP contribution < -0.4 is 5.73 Å². The van der Waals surface area contributed by atoms with E-state index in [1.807, 2.05) is 16.7 Å². The van der Waals surface area contributed by atoms with Gasteiger partial charge < -0.3 is 10.2 Å². The van der Waals surface area contributed by atoms with Gasteiger partial charge in [-0.25, -0.2) is 0 Å². The number of rotatable bonds is 6. The molecule has 2 aromatic rings. The zero-order chi connectivity index (χ0) is 14.7. The lowest BCUT2D eigenvalue weighted by atomic mass is 10.2. The second-order valence-corrected chi connectivity index (χ2v) is 6.13. The molecular formula is C13H18N4O2S. The van der Waals surface area contributed by atoms with Gasteiger partial charge in [0.15, 0.2) is 5.16 Å². The van der Waals surface area contributed by atoms with E-state index in [9.17, 15) is 4.79 Å². The zero-order valence-corrected chi connectivity index (χ0v) is 12.6. The first-order valence-electron chi connectivity index (χ1n) is 6.40. The molecule has 1 amide bonds. The van der Waals surface area contributed by atoms with E-state index in [1.54, 1.807) is 13.2 Å². The molecule has 2 heterocycles. The van der Waals surface area contributed by atoms with Gasteiger partial charge in [0.1, 0.15) is 11.6 Å². The van der Waals surface area contributed by atoms with Crippen molar-refractivity contribution in [2.24, 2.45) is 5.73 Å².